The van der Waals surface area contributed by atoms with Gasteiger partial charge in [0.2, 0.25) is 6.08 Å². The van der Waals surface area contributed by atoms with Gasteiger partial charge in [-0.25, -0.2) is 9.59 Å². The number of benzene rings is 1. The Hall–Kier alpha value is -1.93. The van der Waals surface area contributed by atoms with Crippen LogP contribution in [0.25, 0.3) is 0 Å². The lowest BCUT2D eigenvalue weighted by Gasteiger charge is -2.08. The highest BCUT2D eigenvalue weighted by atomic mass is 16.5. The number of ether oxygens (including phenoxy) is 1. The van der Waals surface area contributed by atoms with Crippen LogP contribution in [-0.2, 0) is 9.53 Å². The van der Waals surface area contributed by atoms with Gasteiger partial charge in [-0.2, -0.15) is 4.99 Å². The fraction of sp³-hybridized carbons (Fsp3) is 0.333. The smallest absolute Gasteiger partial charge is 0.338 e. The van der Waals surface area contributed by atoms with Crippen LogP contribution >= 0.6 is 0 Å². The first-order valence-corrected chi connectivity index (χ1v) is 5.07. The summed E-state index contributed by atoms with van der Waals surface area (Å²) in [6, 6.07) is 8.39. The van der Waals surface area contributed by atoms with Crippen molar-refractivity contribution in [2.24, 2.45) is 4.99 Å². The summed E-state index contributed by atoms with van der Waals surface area (Å²) in [6.07, 6.45) is 2.10. The van der Waals surface area contributed by atoms with Gasteiger partial charge in [0.1, 0.15) is 6.61 Å². The van der Waals surface area contributed by atoms with Crippen LogP contribution in [0, 0.1) is 0 Å². The second-order valence-corrected chi connectivity index (χ2v) is 3.25. The van der Waals surface area contributed by atoms with Crippen LogP contribution < -0.4 is 0 Å². The van der Waals surface area contributed by atoms with Gasteiger partial charge in [0.05, 0.1) is 11.6 Å². The Morgan fingerprint density at radius 1 is 1.44 bits per heavy atom. The maximum atomic E-state index is 11.5. The monoisotopic (exact) mass is 219 g/mol. The zero-order valence-corrected chi connectivity index (χ0v) is 9.05. The first-order valence-electron chi connectivity index (χ1n) is 5.07. The molecule has 0 radical (unpaired) electrons. The second-order valence-electron chi connectivity index (χ2n) is 3.25. The van der Waals surface area contributed by atoms with Gasteiger partial charge in [-0.15, -0.1) is 0 Å². The van der Waals surface area contributed by atoms with E-state index >= 15 is 0 Å². The van der Waals surface area contributed by atoms with Crippen molar-refractivity contribution < 1.29 is 14.3 Å². The molecule has 1 unspecified atom stereocenters. The quantitative estimate of drug-likeness (QED) is 0.432. The summed E-state index contributed by atoms with van der Waals surface area (Å²) in [7, 11) is 0. The maximum Gasteiger partial charge on any atom is 0.338 e. The molecule has 0 aliphatic carbocycles. The van der Waals surface area contributed by atoms with E-state index in [4.69, 9.17) is 4.74 Å². The van der Waals surface area contributed by atoms with Crippen LogP contribution in [0.3, 0.4) is 0 Å². The van der Waals surface area contributed by atoms with E-state index in [-0.39, 0.29) is 12.6 Å². The number of isocyanates is 1. The lowest BCUT2D eigenvalue weighted by molar-refractivity contribution is 0.0480. The molecule has 1 atom stereocenters. The van der Waals surface area contributed by atoms with Gasteiger partial charge in [-0.1, -0.05) is 25.1 Å². The van der Waals surface area contributed by atoms with E-state index in [0.717, 1.165) is 0 Å². The molecule has 0 aliphatic rings. The average molecular weight is 219 g/mol. The van der Waals surface area contributed by atoms with Crippen LogP contribution in [-0.4, -0.2) is 24.7 Å². The van der Waals surface area contributed by atoms with Crippen LogP contribution in [0.4, 0.5) is 0 Å². The van der Waals surface area contributed by atoms with Gasteiger partial charge in [0.15, 0.2) is 0 Å². The minimum atomic E-state index is -0.403. The fourth-order valence-corrected chi connectivity index (χ4v) is 1.15. The molecular formula is C12H13NO3. The van der Waals surface area contributed by atoms with E-state index in [9.17, 15) is 9.59 Å². The van der Waals surface area contributed by atoms with Crippen LogP contribution in [0.2, 0.25) is 0 Å². The Bertz CT molecular complexity index is 383. The number of hydrogen-bond donors (Lipinski definition) is 0. The first-order chi connectivity index (χ1) is 7.77. The Morgan fingerprint density at radius 2 is 2.12 bits per heavy atom. The third kappa shape index (κ3) is 3.67. The molecule has 0 saturated heterocycles. The molecule has 0 heterocycles. The number of hydrogen-bond acceptors (Lipinski definition) is 4. The van der Waals surface area contributed by atoms with Crippen LogP contribution in [0.15, 0.2) is 35.3 Å². The molecule has 4 heteroatoms. The summed E-state index contributed by atoms with van der Waals surface area (Å²) >= 11 is 0. The summed E-state index contributed by atoms with van der Waals surface area (Å²) in [5.41, 5.74) is 0.493. The van der Waals surface area contributed by atoms with Gasteiger partial charge in [0.25, 0.3) is 0 Å². The molecule has 0 N–H and O–H groups in total. The van der Waals surface area contributed by atoms with E-state index < -0.39 is 5.97 Å². The number of nitrogens with zero attached hydrogens (tertiary/aromatic N) is 1. The zero-order valence-electron chi connectivity index (χ0n) is 9.05. The van der Waals surface area contributed by atoms with Gasteiger partial charge in [0, 0.05) is 0 Å². The van der Waals surface area contributed by atoms with Crippen LogP contribution in [0.5, 0.6) is 0 Å². The maximum absolute atomic E-state index is 11.5. The Morgan fingerprint density at radius 3 is 2.69 bits per heavy atom. The standard InChI is InChI=1S/C12H13NO3/c1-2-11(13-9-14)8-16-12(15)10-6-4-3-5-7-10/h3-7,11H,2,8H2,1H3. The number of rotatable bonds is 5. The van der Waals surface area contributed by atoms with Crippen molar-refractivity contribution in [3.8, 4) is 0 Å². The van der Waals surface area contributed by atoms with E-state index in [2.05, 4.69) is 4.99 Å². The summed E-state index contributed by atoms with van der Waals surface area (Å²) < 4.78 is 5.02. The molecule has 4 nitrogen and oxygen atoms in total. The Balaban J connectivity index is 2.50. The van der Waals surface area contributed by atoms with Crippen molar-refractivity contribution in [3.05, 3.63) is 35.9 Å². The van der Waals surface area contributed by atoms with E-state index in [1.807, 2.05) is 13.0 Å². The summed E-state index contributed by atoms with van der Waals surface area (Å²) in [6.45, 7) is 1.97. The Labute approximate surface area is 94.0 Å². The van der Waals surface area contributed by atoms with E-state index in [1.165, 1.54) is 6.08 Å². The highest BCUT2D eigenvalue weighted by molar-refractivity contribution is 5.89. The predicted molar refractivity (Wildman–Crippen MR) is 58.9 cm³/mol. The normalized spacial score (nSPS) is 11.3. The van der Waals surface area contributed by atoms with Gasteiger partial charge < -0.3 is 4.74 Å². The van der Waals surface area contributed by atoms with E-state index in [1.54, 1.807) is 24.3 Å². The molecule has 1 aromatic carbocycles. The molecule has 0 saturated carbocycles. The number of carbonyl (C=O) groups is 1. The first kappa shape index (κ1) is 12.1. The summed E-state index contributed by atoms with van der Waals surface area (Å²) in [4.78, 5) is 25.1. The second kappa shape index (κ2) is 6.53. The minimum absolute atomic E-state index is 0.111. The third-order valence-corrected chi connectivity index (χ3v) is 2.12. The SMILES string of the molecule is CCC(COC(=O)c1ccccc1)N=C=O. The van der Waals surface area contributed by atoms with Crippen molar-refractivity contribution >= 4 is 12.0 Å². The lowest BCUT2D eigenvalue weighted by Crippen LogP contribution is -2.16. The van der Waals surface area contributed by atoms with Gasteiger partial charge >= 0.3 is 5.97 Å². The number of carbonyl (C=O) groups excluding carboxylic acids is 2. The molecule has 0 spiro atoms. The molecular weight excluding hydrogens is 206 g/mol. The third-order valence-electron chi connectivity index (χ3n) is 2.12. The number of aliphatic imine (C=N–C) groups is 1. The van der Waals surface area contributed by atoms with Crippen molar-refractivity contribution in [3.63, 3.8) is 0 Å². The minimum Gasteiger partial charge on any atom is -0.460 e. The molecule has 0 bridgehead atoms. The van der Waals surface area contributed by atoms with Crippen molar-refractivity contribution in [1.82, 2.24) is 0 Å². The van der Waals surface area contributed by atoms with Crippen LogP contribution in [0.1, 0.15) is 23.7 Å². The highest BCUT2D eigenvalue weighted by Gasteiger charge is 2.10. The molecule has 1 rings (SSSR count). The lowest BCUT2D eigenvalue weighted by atomic mass is 10.2. The molecule has 0 amide bonds. The molecule has 0 fully saturated rings. The van der Waals surface area contributed by atoms with Crippen molar-refractivity contribution in [1.29, 1.82) is 0 Å². The van der Waals surface area contributed by atoms with Crippen molar-refractivity contribution in [2.45, 2.75) is 19.4 Å². The van der Waals surface area contributed by atoms with Gasteiger partial charge in [-0.3, -0.25) is 0 Å². The fourth-order valence-electron chi connectivity index (χ4n) is 1.15. The molecule has 1 aromatic rings. The zero-order chi connectivity index (χ0) is 11.8. The predicted octanol–water partition coefficient (Wildman–Crippen LogP) is 1.96. The number of esters is 1. The largest absolute Gasteiger partial charge is 0.460 e. The summed E-state index contributed by atoms with van der Waals surface area (Å²) in [5.74, 6) is -0.403. The highest BCUT2D eigenvalue weighted by Crippen LogP contribution is 2.03. The Kier molecular flexibility index (Phi) is 4.96. The molecule has 16 heavy (non-hydrogen) atoms. The molecule has 0 aromatic heterocycles. The average Bonchev–Trinajstić information content (AvgIpc) is 2.35. The van der Waals surface area contributed by atoms with Gasteiger partial charge in [-0.05, 0) is 18.6 Å². The molecule has 84 valence electrons. The van der Waals surface area contributed by atoms with E-state index in [0.29, 0.717) is 12.0 Å². The topological polar surface area (TPSA) is 55.7 Å². The molecule has 0 aliphatic heterocycles. The summed E-state index contributed by atoms with van der Waals surface area (Å²) in [5, 5.41) is 0. The van der Waals surface area contributed by atoms with Crippen molar-refractivity contribution in [2.75, 3.05) is 6.61 Å².